The van der Waals surface area contributed by atoms with Gasteiger partial charge in [-0.1, -0.05) is 18.2 Å². The molecule has 1 amide bonds. The number of carboxylic acids is 2. The Morgan fingerprint density at radius 3 is 2.62 bits per heavy atom. The number of ether oxygens (including phenoxy) is 1. The summed E-state index contributed by atoms with van der Waals surface area (Å²) in [7, 11) is 0. The van der Waals surface area contributed by atoms with Crippen LogP contribution < -0.4 is 15.5 Å². The van der Waals surface area contributed by atoms with Gasteiger partial charge in [0, 0.05) is 18.9 Å². The fourth-order valence-electron chi connectivity index (χ4n) is 4.41. The van der Waals surface area contributed by atoms with E-state index in [1.54, 1.807) is 12.1 Å². The third-order valence-electron chi connectivity index (χ3n) is 6.22. The number of amides is 1. The zero-order valence-electron chi connectivity index (χ0n) is 18.3. The highest BCUT2D eigenvalue weighted by Crippen LogP contribution is 2.27. The van der Waals surface area contributed by atoms with Crippen LogP contribution in [0.2, 0.25) is 0 Å². The van der Waals surface area contributed by atoms with E-state index in [0.29, 0.717) is 31.1 Å². The minimum Gasteiger partial charge on any atom is -0.480 e. The summed E-state index contributed by atoms with van der Waals surface area (Å²) >= 11 is 0. The Kier molecular flexibility index (Phi) is 9.01. The maximum atomic E-state index is 13.1. The van der Waals surface area contributed by atoms with Crippen molar-refractivity contribution < 1.29 is 29.3 Å². The number of benzene rings is 1. The van der Waals surface area contributed by atoms with Crippen LogP contribution in [0, 0.1) is 5.92 Å². The zero-order valence-corrected chi connectivity index (χ0v) is 18.3. The SMILES string of the molecule is O=C(O)CN1C(=O)[C@@H](N[C@@H](CCOCCC2CCNCC2)C(=O)O)CCc2ccccc21. The molecule has 2 aliphatic heterocycles. The Balaban J connectivity index is 1.55. The highest BCUT2D eigenvalue weighted by molar-refractivity contribution is 6.02. The molecule has 4 N–H and O–H groups in total. The smallest absolute Gasteiger partial charge is 0.323 e. The lowest BCUT2D eigenvalue weighted by Gasteiger charge is -2.27. The maximum Gasteiger partial charge on any atom is 0.323 e. The normalized spacial score (nSPS) is 20.4. The Bertz CT molecular complexity index is 796. The van der Waals surface area contributed by atoms with Crippen LogP contribution in [-0.4, -0.2) is 73.0 Å². The van der Waals surface area contributed by atoms with Gasteiger partial charge >= 0.3 is 11.9 Å². The molecule has 1 aromatic rings. The van der Waals surface area contributed by atoms with Crippen molar-refractivity contribution in [2.45, 2.75) is 50.6 Å². The summed E-state index contributed by atoms with van der Waals surface area (Å²) in [6.45, 7) is 2.49. The van der Waals surface area contributed by atoms with Gasteiger partial charge in [-0.05, 0) is 69.2 Å². The zero-order chi connectivity index (χ0) is 22.9. The molecule has 32 heavy (non-hydrogen) atoms. The van der Waals surface area contributed by atoms with Crippen LogP contribution in [0.4, 0.5) is 5.69 Å². The van der Waals surface area contributed by atoms with Gasteiger partial charge in [-0.15, -0.1) is 0 Å². The molecule has 0 saturated carbocycles. The van der Waals surface area contributed by atoms with E-state index in [1.807, 2.05) is 12.1 Å². The molecular weight excluding hydrogens is 414 g/mol. The van der Waals surface area contributed by atoms with Gasteiger partial charge in [0.25, 0.3) is 0 Å². The predicted molar refractivity (Wildman–Crippen MR) is 119 cm³/mol. The summed E-state index contributed by atoms with van der Waals surface area (Å²) in [5, 5.41) is 25.2. The lowest BCUT2D eigenvalue weighted by atomic mass is 9.95. The third kappa shape index (κ3) is 6.75. The molecule has 1 aromatic carbocycles. The first-order valence-electron chi connectivity index (χ1n) is 11.3. The Morgan fingerprint density at radius 2 is 1.91 bits per heavy atom. The second kappa shape index (κ2) is 11.9. The number of fused-ring (bicyclic) bond motifs is 1. The highest BCUT2D eigenvalue weighted by Gasteiger charge is 2.34. The third-order valence-corrected chi connectivity index (χ3v) is 6.22. The molecule has 2 heterocycles. The second-order valence-corrected chi connectivity index (χ2v) is 8.48. The number of aliphatic carboxylic acids is 2. The second-order valence-electron chi connectivity index (χ2n) is 8.48. The number of carbonyl (C=O) groups is 3. The van der Waals surface area contributed by atoms with Crippen molar-refractivity contribution >= 4 is 23.5 Å². The lowest BCUT2D eigenvalue weighted by Crippen LogP contribution is -2.52. The van der Waals surface area contributed by atoms with Gasteiger partial charge in [0.1, 0.15) is 12.6 Å². The number of carbonyl (C=O) groups excluding carboxylic acids is 1. The summed E-state index contributed by atoms with van der Waals surface area (Å²) in [4.78, 5) is 37.5. The van der Waals surface area contributed by atoms with E-state index in [0.717, 1.165) is 37.9 Å². The van der Waals surface area contributed by atoms with Crippen molar-refractivity contribution in [1.29, 1.82) is 0 Å². The number of carboxylic acid groups (broad SMARTS) is 2. The molecule has 0 aromatic heterocycles. The molecule has 3 rings (SSSR count). The van der Waals surface area contributed by atoms with E-state index in [1.165, 1.54) is 4.90 Å². The van der Waals surface area contributed by atoms with Gasteiger partial charge in [0.15, 0.2) is 0 Å². The molecule has 9 nitrogen and oxygen atoms in total. The molecule has 0 aliphatic carbocycles. The number of nitrogens with zero attached hydrogens (tertiary/aromatic N) is 1. The number of hydrogen-bond donors (Lipinski definition) is 4. The summed E-state index contributed by atoms with van der Waals surface area (Å²) < 4.78 is 5.69. The number of aryl methyl sites for hydroxylation is 1. The lowest BCUT2D eigenvalue weighted by molar-refractivity contribution is -0.141. The quantitative estimate of drug-likeness (QED) is 0.373. The van der Waals surface area contributed by atoms with Crippen LogP contribution >= 0.6 is 0 Å². The van der Waals surface area contributed by atoms with Crippen LogP contribution in [0.15, 0.2) is 24.3 Å². The van der Waals surface area contributed by atoms with Crippen molar-refractivity contribution in [2.75, 3.05) is 37.7 Å². The van der Waals surface area contributed by atoms with Gasteiger partial charge < -0.3 is 20.3 Å². The monoisotopic (exact) mass is 447 g/mol. The Morgan fingerprint density at radius 1 is 1.16 bits per heavy atom. The molecule has 0 unspecified atom stereocenters. The van der Waals surface area contributed by atoms with E-state index in [4.69, 9.17) is 4.74 Å². The fraction of sp³-hybridized carbons (Fsp3) is 0.609. The van der Waals surface area contributed by atoms with E-state index in [-0.39, 0.29) is 13.0 Å². The fourth-order valence-corrected chi connectivity index (χ4v) is 4.41. The minimum absolute atomic E-state index is 0.233. The minimum atomic E-state index is -1.12. The van der Waals surface area contributed by atoms with Crippen LogP contribution in [0.3, 0.4) is 0 Å². The summed E-state index contributed by atoms with van der Waals surface area (Å²) in [5.41, 5.74) is 1.44. The number of nitrogens with one attached hydrogen (secondary N) is 2. The van der Waals surface area contributed by atoms with Gasteiger partial charge in [-0.25, -0.2) is 0 Å². The first kappa shape index (κ1) is 24.2. The Labute approximate surface area is 188 Å². The average Bonchev–Trinajstić information content (AvgIpc) is 2.90. The van der Waals surface area contributed by atoms with Crippen molar-refractivity contribution in [3.05, 3.63) is 29.8 Å². The van der Waals surface area contributed by atoms with Crippen LogP contribution in [-0.2, 0) is 25.5 Å². The summed E-state index contributed by atoms with van der Waals surface area (Å²) in [6, 6.07) is 5.47. The van der Waals surface area contributed by atoms with Gasteiger partial charge in [0.2, 0.25) is 5.91 Å². The van der Waals surface area contributed by atoms with Crippen molar-refractivity contribution in [2.24, 2.45) is 5.92 Å². The molecule has 9 heteroatoms. The number of piperidine rings is 1. The standard InChI is InChI=1S/C23H33N3O6/c27-21(28)15-26-20-4-2-1-3-17(20)5-6-18(22(26)29)25-19(23(30)31)10-14-32-13-9-16-7-11-24-12-8-16/h1-4,16,18-19,24-25H,5-15H2,(H,27,28)(H,30,31)/t18-,19-/m0/s1. The topological polar surface area (TPSA) is 128 Å². The van der Waals surface area contributed by atoms with Crippen molar-refractivity contribution in [3.63, 3.8) is 0 Å². The first-order chi connectivity index (χ1) is 15.5. The van der Waals surface area contributed by atoms with Gasteiger partial charge in [-0.2, -0.15) is 0 Å². The Hall–Kier alpha value is -2.49. The molecular formula is C23H33N3O6. The van der Waals surface area contributed by atoms with Crippen molar-refractivity contribution in [3.8, 4) is 0 Å². The molecule has 176 valence electrons. The van der Waals surface area contributed by atoms with Crippen LogP contribution in [0.5, 0.6) is 0 Å². The van der Waals surface area contributed by atoms with Crippen molar-refractivity contribution in [1.82, 2.24) is 10.6 Å². The molecule has 0 spiro atoms. The largest absolute Gasteiger partial charge is 0.480 e. The van der Waals surface area contributed by atoms with Crippen LogP contribution in [0.25, 0.3) is 0 Å². The average molecular weight is 448 g/mol. The van der Waals surface area contributed by atoms with Crippen LogP contribution in [0.1, 0.15) is 37.7 Å². The van der Waals surface area contributed by atoms with E-state index >= 15 is 0 Å². The molecule has 1 fully saturated rings. The number of para-hydroxylation sites is 1. The maximum absolute atomic E-state index is 13.1. The molecule has 0 radical (unpaired) electrons. The summed E-state index contributed by atoms with van der Waals surface area (Å²) in [6.07, 6.45) is 4.43. The molecule has 0 bridgehead atoms. The summed E-state index contributed by atoms with van der Waals surface area (Å²) in [5.74, 6) is -1.94. The molecule has 2 atom stereocenters. The molecule has 1 saturated heterocycles. The number of anilines is 1. The molecule has 2 aliphatic rings. The van der Waals surface area contributed by atoms with Gasteiger partial charge in [-0.3, -0.25) is 24.6 Å². The van der Waals surface area contributed by atoms with E-state index < -0.39 is 36.5 Å². The first-order valence-corrected chi connectivity index (χ1v) is 11.3. The van der Waals surface area contributed by atoms with E-state index in [9.17, 15) is 24.6 Å². The highest BCUT2D eigenvalue weighted by atomic mass is 16.5. The van der Waals surface area contributed by atoms with E-state index in [2.05, 4.69) is 10.6 Å². The number of hydrogen-bond acceptors (Lipinski definition) is 6. The number of rotatable bonds is 11. The van der Waals surface area contributed by atoms with Gasteiger partial charge in [0.05, 0.1) is 6.04 Å². The predicted octanol–water partition coefficient (Wildman–Crippen LogP) is 1.26.